The van der Waals surface area contributed by atoms with Crippen LogP contribution in [0.4, 0.5) is 0 Å². The average Bonchev–Trinajstić information content (AvgIpc) is 2.88. The highest BCUT2D eigenvalue weighted by atomic mass is 15.4. The average molecular weight is 224 g/mol. The van der Waals surface area contributed by atoms with E-state index in [1.165, 1.54) is 0 Å². The molecule has 0 radical (unpaired) electrons. The lowest BCUT2D eigenvalue weighted by Gasteiger charge is -1.92. The number of nitrogens with zero attached hydrogens (tertiary/aromatic N) is 5. The third-order valence-electron chi connectivity index (χ3n) is 2.85. The van der Waals surface area contributed by atoms with Crippen molar-refractivity contribution in [2.24, 2.45) is 0 Å². The molecule has 17 heavy (non-hydrogen) atoms. The van der Waals surface area contributed by atoms with Gasteiger partial charge in [0.15, 0.2) is 11.5 Å². The van der Waals surface area contributed by atoms with E-state index in [1.807, 2.05) is 31.2 Å². The van der Waals surface area contributed by atoms with Crippen LogP contribution in [0.15, 0.2) is 24.3 Å². The Morgan fingerprint density at radius 3 is 3.00 bits per heavy atom. The molecule has 0 atom stereocenters. The summed E-state index contributed by atoms with van der Waals surface area (Å²) in [6, 6.07) is 7.99. The normalized spacial score (nSPS) is 11.8. The molecule has 0 saturated heterocycles. The highest BCUT2D eigenvalue weighted by Gasteiger charge is 2.10. The van der Waals surface area contributed by atoms with Crippen LogP contribution in [0.25, 0.3) is 27.8 Å². The Bertz CT molecular complexity index is 856. The second-order valence-electron chi connectivity index (χ2n) is 3.94. The molecule has 4 rings (SSSR count). The van der Waals surface area contributed by atoms with Gasteiger partial charge in [-0.1, -0.05) is 18.2 Å². The molecule has 1 N–H and O–H groups in total. The van der Waals surface area contributed by atoms with Crippen LogP contribution in [0.3, 0.4) is 0 Å². The molecule has 1 aromatic carbocycles. The maximum atomic E-state index is 4.48. The number of rotatable bonds is 0. The maximum absolute atomic E-state index is 4.48. The molecule has 0 aliphatic rings. The van der Waals surface area contributed by atoms with Crippen LogP contribution in [0.1, 0.15) is 5.82 Å². The molecule has 3 aromatic heterocycles. The fourth-order valence-corrected chi connectivity index (χ4v) is 2.03. The monoisotopic (exact) mass is 224 g/mol. The predicted molar refractivity (Wildman–Crippen MR) is 62.7 cm³/mol. The molecule has 6 nitrogen and oxygen atoms in total. The van der Waals surface area contributed by atoms with Gasteiger partial charge in [-0.3, -0.25) is 0 Å². The number of H-pyrrole nitrogens is 1. The molecule has 0 amide bonds. The summed E-state index contributed by atoms with van der Waals surface area (Å²) < 4.78 is 1.64. The standard InChI is InChI=1S/C11H8N6/c1-6-14-15-11-13-9-7-4-2-3-5-8(7)12-10(9)16-17(6)11/h2-5H,1H3,(H,12,16). The van der Waals surface area contributed by atoms with Gasteiger partial charge in [0, 0.05) is 10.9 Å². The summed E-state index contributed by atoms with van der Waals surface area (Å²) in [4.78, 5) is 7.72. The largest absolute Gasteiger partial charge is 0.336 e. The maximum Gasteiger partial charge on any atom is 0.272 e. The number of fused-ring (bicyclic) bond motifs is 4. The van der Waals surface area contributed by atoms with Gasteiger partial charge >= 0.3 is 0 Å². The van der Waals surface area contributed by atoms with Crippen LogP contribution in [-0.2, 0) is 0 Å². The SMILES string of the molecule is Cc1nnc2nc3c(nn12)[nH]c1ccccc13. The Balaban J connectivity index is 2.29. The van der Waals surface area contributed by atoms with Crippen LogP contribution in [0.2, 0.25) is 0 Å². The van der Waals surface area contributed by atoms with Gasteiger partial charge in [0.1, 0.15) is 5.52 Å². The Kier molecular flexibility index (Phi) is 1.42. The minimum absolute atomic E-state index is 0.528. The van der Waals surface area contributed by atoms with E-state index in [0.717, 1.165) is 27.9 Å². The lowest BCUT2D eigenvalue weighted by Crippen LogP contribution is -1.97. The number of para-hydroxylation sites is 1. The van der Waals surface area contributed by atoms with E-state index >= 15 is 0 Å². The number of hydrogen-bond acceptors (Lipinski definition) is 4. The first kappa shape index (κ1) is 8.63. The van der Waals surface area contributed by atoms with Crippen molar-refractivity contribution in [1.29, 1.82) is 0 Å². The van der Waals surface area contributed by atoms with Gasteiger partial charge in [0.2, 0.25) is 0 Å². The number of benzene rings is 1. The molecule has 0 aliphatic heterocycles. The lowest BCUT2D eigenvalue weighted by molar-refractivity contribution is 0.880. The first-order valence-electron chi connectivity index (χ1n) is 5.29. The molecule has 0 saturated carbocycles. The van der Waals surface area contributed by atoms with Crippen LogP contribution < -0.4 is 0 Å². The third-order valence-corrected chi connectivity index (χ3v) is 2.85. The Morgan fingerprint density at radius 1 is 1.18 bits per heavy atom. The van der Waals surface area contributed by atoms with E-state index in [4.69, 9.17) is 0 Å². The zero-order valence-electron chi connectivity index (χ0n) is 9.05. The van der Waals surface area contributed by atoms with Crippen molar-refractivity contribution >= 4 is 27.8 Å². The number of aromatic nitrogens is 6. The fourth-order valence-electron chi connectivity index (χ4n) is 2.03. The minimum atomic E-state index is 0.528. The molecule has 82 valence electrons. The quantitative estimate of drug-likeness (QED) is 0.491. The molecule has 4 aromatic rings. The molecule has 6 heteroatoms. The van der Waals surface area contributed by atoms with E-state index in [2.05, 4.69) is 25.3 Å². The van der Waals surface area contributed by atoms with Crippen molar-refractivity contribution in [1.82, 2.24) is 29.8 Å². The second-order valence-corrected chi connectivity index (χ2v) is 3.94. The molecule has 0 unspecified atom stereocenters. The van der Waals surface area contributed by atoms with Crippen LogP contribution in [0.5, 0.6) is 0 Å². The van der Waals surface area contributed by atoms with Crippen molar-refractivity contribution in [2.75, 3.05) is 0 Å². The zero-order valence-corrected chi connectivity index (χ0v) is 9.05. The summed E-state index contributed by atoms with van der Waals surface area (Å²) in [5, 5.41) is 13.4. The van der Waals surface area contributed by atoms with E-state index < -0.39 is 0 Å². The lowest BCUT2D eigenvalue weighted by atomic mass is 10.2. The summed E-state index contributed by atoms with van der Waals surface area (Å²) in [6.07, 6.45) is 0. The van der Waals surface area contributed by atoms with Crippen molar-refractivity contribution in [3.8, 4) is 0 Å². The summed E-state index contributed by atoms with van der Waals surface area (Å²) in [5.41, 5.74) is 2.61. The molecular weight excluding hydrogens is 216 g/mol. The Labute approximate surface area is 95.3 Å². The van der Waals surface area contributed by atoms with Gasteiger partial charge in [0.25, 0.3) is 5.78 Å². The molecule has 0 aliphatic carbocycles. The minimum Gasteiger partial charge on any atom is -0.336 e. The number of nitrogens with one attached hydrogen (secondary N) is 1. The van der Waals surface area contributed by atoms with Crippen molar-refractivity contribution in [2.45, 2.75) is 6.92 Å². The highest BCUT2D eigenvalue weighted by molar-refractivity contribution is 6.03. The van der Waals surface area contributed by atoms with Crippen molar-refractivity contribution in [3.05, 3.63) is 30.1 Å². The van der Waals surface area contributed by atoms with Gasteiger partial charge in [0.05, 0.1) is 0 Å². The van der Waals surface area contributed by atoms with E-state index in [9.17, 15) is 0 Å². The number of aromatic amines is 1. The Hall–Kier alpha value is -2.50. The smallest absolute Gasteiger partial charge is 0.272 e. The third kappa shape index (κ3) is 1.04. The summed E-state index contributed by atoms with van der Waals surface area (Å²) in [5.74, 6) is 1.26. The second kappa shape index (κ2) is 2.79. The fraction of sp³-hybridized carbons (Fsp3) is 0.0909. The van der Waals surface area contributed by atoms with Gasteiger partial charge < -0.3 is 4.98 Å². The van der Waals surface area contributed by atoms with Crippen LogP contribution >= 0.6 is 0 Å². The molecule has 0 spiro atoms. The molecule has 0 fully saturated rings. The summed E-state index contributed by atoms with van der Waals surface area (Å²) in [6.45, 7) is 1.85. The summed E-state index contributed by atoms with van der Waals surface area (Å²) in [7, 11) is 0. The predicted octanol–water partition coefficient (Wildman–Crippen LogP) is 1.46. The van der Waals surface area contributed by atoms with Gasteiger partial charge in [-0.15, -0.1) is 15.3 Å². The topological polar surface area (TPSA) is 71.8 Å². The first-order valence-corrected chi connectivity index (χ1v) is 5.29. The molecular formula is C11H8N6. The number of hydrogen-bond donors (Lipinski definition) is 1. The molecule has 3 heterocycles. The van der Waals surface area contributed by atoms with E-state index in [0.29, 0.717) is 5.78 Å². The van der Waals surface area contributed by atoms with Crippen LogP contribution in [0, 0.1) is 6.92 Å². The van der Waals surface area contributed by atoms with Gasteiger partial charge in [-0.05, 0) is 13.0 Å². The van der Waals surface area contributed by atoms with E-state index in [1.54, 1.807) is 4.52 Å². The van der Waals surface area contributed by atoms with E-state index in [-0.39, 0.29) is 0 Å². The number of aryl methyl sites for hydroxylation is 1. The van der Waals surface area contributed by atoms with Gasteiger partial charge in [-0.25, -0.2) is 4.98 Å². The van der Waals surface area contributed by atoms with Crippen LogP contribution in [-0.4, -0.2) is 29.8 Å². The van der Waals surface area contributed by atoms with Crippen molar-refractivity contribution in [3.63, 3.8) is 0 Å². The van der Waals surface area contributed by atoms with Gasteiger partial charge in [-0.2, -0.15) is 4.52 Å². The van der Waals surface area contributed by atoms with Crippen molar-refractivity contribution < 1.29 is 0 Å². The molecule has 0 bridgehead atoms. The summed E-state index contributed by atoms with van der Waals surface area (Å²) >= 11 is 0. The zero-order chi connectivity index (χ0) is 11.4. The first-order chi connectivity index (χ1) is 8.33. The highest BCUT2D eigenvalue weighted by Crippen LogP contribution is 2.21. The Morgan fingerprint density at radius 2 is 2.06 bits per heavy atom.